The van der Waals surface area contributed by atoms with Crippen LogP contribution in [0.25, 0.3) is 0 Å². The summed E-state index contributed by atoms with van der Waals surface area (Å²) in [6.07, 6.45) is 6.54. The molecule has 0 aromatic heterocycles. The van der Waals surface area contributed by atoms with Crippen LogP contribution in [0.5, 0.6) is 5.75 Å². The number of carbonyl (C=O) groups is 1. The molecule has 2 rings (SSSR count). The number of allylic oxidation sites excluding steroid dienone is 2. The van der Waals surface area contributed by atoms with Gasteiger partial charge in [-0.25, -0.2) is 0 Å². The molecule has 0 saturated heterocycles. The van der Waals surface area contributed by atoms with E-state index in [2.05, 4.69) is 6.08 Å². The number of hydrogen-bond acceptors (Lipinski definition) is 2. The predicted octanol–water partition coefficient (Wildman–Crippen LogP) is 4.16. The third kappa shape index (κ3) is 3.22. The van der Waals surface area contributed by atoms with Gasteiger partial charge < -0.3 is 4.74 Å². The third-order valence-corrected chi connectivity index (χ3v) is 3.07. The number of Topliss-reactive ketones (excluding diaryl/α,β-unsaturated/α-hetero) is 1. The largest absolute Gasteiger partial charge is 0.491 e. The zero-order valence-electron chi connectivity index (χ0n) is 11.1. The van der Waals surface area contributed by atoms with E-state index in [1.807, 2.05) is 38.1 Å². The topological polar surface area (TPSA) is 26.3 Å². The van der Waals surface area contributed by atoms with Crippen LogP contribution >= 0.6 is 0 Å². The SMILES string of the molecule is CC(C)Oc1ccc(C(=O)C2=CCCCC2)cc1. The molecular formula is C16H20O2. The van der Waals surface area contributed by atoms with Gasteiger partial charge >= 0.3 is 0 Å². The average molecular weight is 244 g/mol. The lowest BCUT2D eigenvalue weighted by Crippen LogP contribution is -2.08. The van der Waals surface area contributed by atoms with E-state index in [1.54, 1.807) is 0 Å². The van der Waals surface area contributed by atoms with Gasteiger partial charge in [0.2, 0.25) is 0 Å². The van der Waals surface area contributed by atoms with Crippen LogP contribution in [0.15, 0.2) is 35.9 Å². The molecule has 1 aliphatic rings. The minimum absolute atomic E-state index is 0.160. The third-order valence-electron chi connectivity index (χ3n) is 3.07. The second-order valence-electron chi connectivity index (χ2n) is 5.00. The van der Waals surface area contributed by atoms with E-state index in [-0.39, 0.29) is 11.9 Å². The molecule has 0 atom stereocenters. The summed E-state index contributed by atoms with van der Waals surface area (Å²) in [6.45, 7) is 3.98. The number of hydrogen-bond donors (Lipinski definition) is 0. The van der Waals surface area contributed by atoms with Gasteiger partial charge in [0.25, 0.3) is 0 Å². The summed E-state index contributed by atoms with van der Waals surface area (Å²) in [5, 5.41) is 0. The average Bonchev–Trinajstić information content (AvgIpc) is 2.39. The number of ether oxygens (including phenoxy) is 1. The summed E-state index contributed by atoms with van der Waals surface area (Å²) < 4.78 is 5.57. The van der Waals surface area contributed by atoms with Gasteiger partial charge in [-0.05, 0) is 69.4 Å². The highest BCUT2D eigenvalue weighted by molar-refractivity contribution is 6.08. The van der Waals surface area contributed by atoms with Crippen LogP contribution in [0, 0.1) is 0 Å². The zero-order chi connectivity index (χ0) is 13.0. The molecule has 18 heavy (non-hydrogen) atoms. The number of rotatable bonds is 4. The summed E-state index contributed by atoms with van der Waals surface area (Å²) in [7, 11) is 0. The molecule has 0 N–H and O–H groups in total. The molecule has 0 heterocycles. The Labute approximate surface area is 109 Å². The van der Waals surface area contributed by atoms with Crippen LogP contribution in [0.2, 0.25) is 0 Å². The van der Waals surface area contributed by atoms with E-state index >= 15 is 0 Å². The van der Waals surface area contributed by atoms with Crippen molar-refractivity contribution in [1.82, 2.24) is 0 Å². The van der Waals surface area contributed by atoms with Gasteiger partial charge in [0.05, 0.1) is 6.10 Å². The van der Waals surface area contributed by atoms with Crippen molar-refractivity contribution in [3.8, 4) is 5.75 Å². The number of benzene rings is 1. The molecule has 2 heteroatoms. The Balaban J connectivity index is 2.09. The summed E-state index contributed by atoms with van der Waals surface area (Å²) >= 11 is 0. The van der Waals surface area contributed by atoms with Gasteiger partial charge in [-0.15, -0.1) is 0 Å². The molecular weight excluding hydrogens is 224 g/mol. The Morgan fingerprint density at radius 3 is 2.44 bits per heavy atom. The maximum absolute atomic E-state index is 12.2. The maximum Gasteiger partial charge on any atom is 0.188 e. The molecule has 96 valence electrons. The van der Waals surface area contributed by atoms with Crippen molar-refractivity contribution >= 4 is 5.78 Å². The molecule has 1 aromatic carbocycles. The quantitative estimate of drug-likeness (QED) is 0.743. The summed E-state index contributed by atoms with van der Waals surface area (Å²) in [5.41, 5.74) is 1.73. The standard InChI is InChI=1S/C16H20O2/c1-12(2)18-15-10-8-14(9-11-15)16(17)13-6-4-3-5-7-13/h6,8-12H,3-5,7H2,1-2H3. The molecule has 0 unspecified atom stereocenters. The van der Waals surface area contributed by atoms with Gasteiger partial charge in [-0.3, -0.25) is 4.79 Å². The van der Waals surface area contributed by atoms with Crippen LogP contribution in [0.1, 0.15) is 49.9 Å². The first-order chi connectivity index (χ1) is 8.66. The lowest BCUT2D eigenvalue weighted by Gasteiger charge is -2.12. The highest BCUT2D eigenvalue weighted by Crippen LogP contribution is 2.22. The lowest BCUT2D eigenvalue weighted by atomic mass is 9.93. The van der Waals surface area contributed by atoms with Crippen molar-refractivity contribution < 1.29 is 9.53 Å². The van der Waals surface area contributed by atoms with E-state index in [4.69, 9.17) is 4.74 Å². The first-order valence-corrected chi connectivity index (χ1v) is 6.67. The first kappa shape index (κ1) is 12.9. The van der Waals surface area contributed by atoms with Gasteiger partial charge in [-0.1, -0.05) is 6.08 Å². The Kier molecular flexibility index (Phi) is 4.19. The fourth-order valence-electron chi connectivity index (χ4n) is 2.19. The van der Waals surface area contributed by atoms with E-state index in [0.29, 0.717) is 0 Å². The Morgan fingerprint density at radius 1 is 1.17 bits per heavy atom. The minimum atomic E-state index is 0.160. The second kappa shape index (κ2) is 5.85. The van der Waals surface area contributed by atoms with Gasteiger partial charge in [0.15, 0.2) is 5.78 Å². The van der Waals surface area contributed by atoms with Crippen molar-refractivity contribution in [2.75, 3.05) is 0 Å². The highest BCUT2D eigenvalue weighted by atomic mass is 16.5. The Morgan fingerprint density at radius 2 is 1.89 bits per heavy atom. The number of ketones is 1. The van der Waals surface area contributed by atoms with E-state index in [9.17, 15) is 4.79 Å². The van der Waals surface area contributed by atoms with Crippen molar-refractivity contribution in [2.24, 2.45) is 0 Å². The molecule has 0 saturated carbocycles. The summed E-state index contributed by atoms with van der Waals surface area (Å²) in [4.78, 5) is 12.2. The van der Waals surface area contributed by atoms with Gasteiger partial charge in [0.1, 0.15) is 5.75 Å². The van der Waals surface area contributed by atoms with Crippen LogP contribution in [-0.4, -0.2) is 11.9 Å². The molecule has 1 aromatic rings. The zero-order valence-corrected chi connectivity index (χ0v) is 11.1. The van der Waals surface area contributed by atoms with Gasteiger partial charge in [0, 0.05) is 5.56 Å². The molecule has 0 amide bonds. The Hall–Kier alpha value is -1.57. The van der Waals surface area contributed by atoms with Crippen molar-refractivity contribution in [2.45, 2.75) is 45.6 Å². The van der Waals surface area contributed by atoms with E-state index < -0.39 is 0 Å². The summed E-state index contributed by atoms with van der Waals surface area (Å²) in [5.74, 6) is 0.991. The molecule has 0 radical (unpaired) electrons. The molecule has 0 fully saturated rings. The van der Waals surface area contributed by atoms with E-state index in [0.717, 1.165) is 36.1 Å². The lowest BCUT2D eigenvalue weighted by molar-refractivity contribution is 0.102. The molecule has 0 spiro atoms. The smallest absolute Gasteiger partial charge is 0.188 e. The van der Waals surface area contributed by atoms with E-state index in [1.165, 1.54) is 6.42 Å². The van der Waals surface area contributed by atoms with Crippen LogP contribution < -0.4 is 4.74 Å². The van der Waals surface area contributed by atoms with Crippen LogP contribution in [-0.2, 0) is 0 Å². The minimum Gasteiger partial charge on any atom is -0.491 e. The predicted molar refractivity (Wildman–Crippen MR) is 73.1 cm³/mol. The highest BCUT2D eigenvalue weighted by Gasteiger charge is 2.14. The van der Waals surface area contributed by atoms with Crippen molar-refractivity contribution in [3.05, 3.63) is 41.5 Å². The second-order valence-corrected chi connectivity index (χ2v) is 5.00. The molecule has 2 nitrogen and oxygen atoms in total. The summed E-state index contributed by atoms with van der Waals surface area (Å²) in [6, 6.07) is 7.46. The first-order valence-electron chi connectivity index (χ1n) is 6.67. The fraction of sp³-hybridized carbons (Fsp3) is 0.438. The fourth-order valence-corrected chi connectivity index (χ4v) is 2.19. The Bertz CT molecular complexity index is 441. The molecule has 0 aliphatic heterocycles. The van der Waals surface area contributed by atoms with Crippen molar-refractivity contribution in [3.63, 3.8) is 0 Å². The van der Waals surface area contributed by atoms with Gasteiger partial charge in [-0.2, -0.15) is 0 Å². The maximum atomic E-state index is 12.2. The van der Waals surface area contributed by atoms with Crippen LogP contribution in [0.4, 0.5) is 0 Å². The molecule has 0 bridgehead atoms. The van der Waals surface area contributed by atoms with Crippen molar-refractivity contribution in [1.29, 1.82) is 0 Å². The normalized spacial score (nSPS) is 15.4. The van der Waals surface area contributed by atoms with Crippen LogP contribution in [0.3, 0.4) is 0 Å². The monoisotopic (exact) mass is 244 g/mol. The molecule has 1 aliphatic carbocycles. The number of carbonyl (C=O) groups excluding carboxylic acids is 1.